The SMILES string of the molecule is O=C(O)c1ccc(SSc2ccc(C(=O)O)cn2)nc1.[NaH]. The Balaban J connectivity index is 0.00000220. The Kier molecular flexibility index (Phi) is 7.20. The Labute approximate surface area is 150 Å². The number of pyridine rings is 2. The number of rotatable bonds is 5. The van der Waals surface area contributed by atoms with Gasteiger partial charge in [-0.05, 0) is 45.9 Å². The molecule has 0 bridgehead atoms. The first-order valence-corrected chi connectivity index (χ1v) is 7.44. The summed E-state index contributed by atoms with van der Waals surface area (Å²) in [6, 6.07) is 6.15. The predicted octanol–water partition coefficient (Wildman–Crippen LogP) is 2.02. The van der Waals surface area contributed by atoms with Gasteiger partial charge in [0, 0.05) is 12.4 Å². The first kappa shape index (κ1) is 18.0. The molecule has 0 saturated carbocycles. The van der Waals surface area contributed by atoms with Gasteiger partial charge >= 0.3 is 41.5 Å². The van der Waals surface area contributed by atoms with Crippen molar-refractivity contribution >= 4 is 63.1 Å². The third kappa shape index (κ3) is 5.33. The van der Waals surface area contributed by atoms with E-state index in [0.717, 1.165) is 0 Å². The summed E-state index contributed by atoms with van der Waals surface area (Å²) in [4.78, 5) is 29.3. The van der Waals surface area contributed by atoms with Crippen LogP contribution in [0.3, 0.4) is 0 Å². The molecule has 0 saturated heterocycles. The van der Waals surface area contributed by atoms with Crippen LogP contribution in [0.2, 0.25) is 0 Å². The van der Waals surface area contributed by atoms with Gasteiger partial charge in [0.05, 0.1) is 11.1 Å². The standard InChI is InChI=1S/C12H8N2O4S2.Na.H/c15-11(16)7-1-3-9(13-5-7)19-20-10-4-2-8(6-14-10)12(17)18;;/h1-6H,(H,15,16)(H,17,18);;. The van der Waals surface area contributed by atoms with E-state index in [4.69, 9.17) is 10.2 Å². The topological polar surface area (TPSA) is 100 Å². The molecular formula is C12H9N2NaO4S2. The molecule has 0 aromatic carbocycles. The van der Waals surface area contributed by atoms with Crippen LogP contribution in [0.4, 0.5) is 0 Å². The van der Waals surface area contributed by atoms with Gasteiger partial charge in [-0.3, -0.25) is 0 Å². The fourth-order valence-electron chi connectivity index (χ4n) is 1.20. The number of aromatic carboxylic acids is 2. The van der Waals surface area contributed by atoms with Crippen LogP contribution in [-0.2, 0) is 0 Å². The van der Waals surface area contributed by atoms with Crippen LogP contribution >= 0.6 is 21.6 Å². The number of hydrogen-bond acceptors (Lipinski definition) is 6. The summed E-state index contributed by atoms with van der Waals surface area (Å²) < 4.78 is 0. The minimum absolute atomic E-state index is 0. The molecule has 0 aliphatic heterocycles. The summed E-state index contributed by atoms with van der Waals surface area (Å²) in [6.07, 6.45) is 2.57. The molecule has 0 unspecified atom stereocenters. The number of nitrogens with zero attached hydrogens (tertiary/aromatic N) is 2. The van der Waals surface area contributed by atoms with E-state index in [2.05, 4.69) is 9.97 Å². The first-order chi connectivity index (χ1) is 9.56. The molecule has 2 heterocycles. The maximum atomic E-state index is 10.7. The molecule has 2 rings (SSSR count). The molecule has 104 valence electrons. The number of carboxylic acids is 2. The Morgan fingerprint density at radius 1 is 0.810 bits per heavy atom. The van der Waals surface area contributed by atoms with Gasteiger partial charge in [-0.1, -0.05) is 0 Å². The van der Waals surface area contributed by atoms with Crippen LogP contribution in [0.25, 0.3) is 0 Å². The van der Waals surface area contributed by atoms with Gasteiger partial charge in [-0.15, -0.1) is 0 Å². The first-order valence-electron chi connectivity index (χ1n) is 5.29. The van der Waals surface area contributed by atoms with E-state index in [9.17, 15) is 9.59 Å². The molecule has 6 nitrogen and oxygen atoms in total. The van der Waals surface area contributed by atoms with Crippen molar-refractivity contribution in [3.05, 3.63) is 47.8 Å². The molecule has 2 aromatic rings. The van der Waals surface area contributed by atoms with Gasteiger partial charge in [0.25, 0.3) is 0 Å². The molecule has 0 spiro atoms. The van der Waals surface area contributed by atoms with Crippen LogP contribution in [0.5, 0.6) is 0 Å². The molecule has 0 radical (unpaired) electrons. The second kappa shape index (κ2) is 8.40. The zero-order valence-corrected chi connectivity index (χ0v) is 11.5. The summed E-state index contributed by atoms with van der Waals surface area (Å²) in [6.45, 7) is 0. The van der Waals surface area contributed by atoms with E-state index in [0.29, 0.717) is 10.1 Å². The second-order valence-electron chi connectivity index (χ2n) is 3.55. The zero-order chi connectivity index (χ0) is 14.5. The second-order valence-corrected chi connectivity index (χ2v) is 5.72. The minimum atomic E-state index is -1.02. The fraction of sp³-hybridized carbons (Fsp3) is 0. The van der Waals surface area contributed by atoms with Gasteiger partial charge in [-0.25, -0.2) is 19.6 Å². The fourth-order valence-corrected chi connectivity index (χ4v) is 2.91. The number of hydrogen-bond donors (Lipinski definition) is 2. The van der Waals surface area contributed by atoms with E-state index in [1.165, 1.54) is 46.1 Å². The number of carbonyl (C=O) groups is 2. The third-order valence-electron chi connectivity index (χ3n) is 2.18. The normalized spacial score (nSPS) is 9.71. The molecule has 21 heavy (non-hydrogen) atoms. The van der Waals surface area contributed by atoms with Gasteiger partial charge in [0.15, 0.2) is 0 Å². The number of aromatic nitrogens is 2. The van der Waals surface area contributed by atoms with E-state index < -0.39 is 11.9 Å². The third-order valence-corrected chi connectivity index (χ3v) is 4.36. The van der Waals surface area contributed by atoms with Gasteiger partial charge in [0.1, 0.15) is 10.1 Å². The molecule has 0 amide bonds. The average molecular weight is 332 g/mol. The van der Waals surface area contributed by atoms with Gasteiger partial charge < -0.3 is 10.2 Å². The molecular weight excluding hydrogens is 323 g/mol. The Morgan fingerprint density at radius 3 is 1.43 bits per heavy atom. The van der Waals surface area contributed by atoms with Gasteiger partial charge in [-0.2, -0.15) is 0 Å². The monoisotopic (exact) mass is 332 g/mol. The van der Waals surface area contributed by atoms with Crippen molar-refractivity contribution in [2.75, 3.05) is 0 Å². The summed E-state index contributed by atoms with van der Waals surface area (Å²) in [7, 11) is 2.62. The van der Waals surface area contributed by atoms with Crippen molar-refractivity contribution in [2.24, 2.45) is 0 Å². The van der Waals surface area contributed by atoms with E-state index >= 15 is 0 Å². The number of carboxylic acid groups (broad SMARTS) is 2. The quantitative estimate of drug-likeness (QED) is 0.633. The summed E-state index contributed by atoms with van der Waals surface area (Å²) in [5.74, 6) is -2.04. The molecule has 2 aromatic heterocycles. The van der Waals surface area contributed by atoms with Crippen molar-refractivity contribution in [1.82, 2.24) is 9.97 Å². The molecule has 9 heteroatoms. The van der Waals surface area contributed by atoms with Crippen LogP contribution in [0.15, 0.2) is 46.7 Å². The zero-order valence-electron chi connectivity index (χ0n) is 9.89. The van der Waals surface area contributed by atoms with Gasteiger partial charge in [0.2, 0.25) is 0 Å². The molecule has 0 fully saturated rings. The molecule has 0 aliphatic rings. The molecule has 0 atom stereocenters. The Morgan fingerprint density at radius 2 is 1.19 bits per heavy atom. The van der Waals surface area contributed by atoms with Crippen LogP contribution in [0, 0.1) is 0 Å². The van der Waals surface area contributed by atoms with E-state index in [1.54, 1.807) is 12.1 Å². The molecule has 0 aliphatic carbocycles. The van der Waals surface area contributed by atoms with E-state index in [1.807, 2.05) is 0 Å². The summed E-state index contributed by atoms with van der Waals surface area (Å²) >= 11 is 0. The Hall–Kier alpha value is -1.06. The van der Waals surface area contributed by atoms with Crippen LogP contribution < -0.4 is 0 Å². The average Bonchev–Trinajstić information content (AvgIpc) is 2.46. The summed E-state index contributed by atoms with van der Waals surface area (Å²) in [5, 5.41) is 18.8. The van der Waals surface area contributed by atoms with Crippen molar-refractivity contribution < 1.29 is 19.8 Å². The van der Waals surface area contributed by atoms with Crippen molar-refractivity contribution in [3.8, 4) is 0 Å². The molecule has 2 N–H and O–H groups in total. The van der Waals surface area contributed by atoms with E-state index in [-0.39, 0.29) is 40.7 Å². The van der Waals surface area contributed by atoms with Crippen LogP contribution in [0.1, 0.15) is 20.7 Å². The Bertz CT molecular complexity index is 577. The maximum absolute atomic E-state index is 10.7. The predicted molar refractivity (Wildman–Crippen MR) is 81.3 cm³/mol. The van der Waals surface area contributed by atoms with Crippen LogP contribution in [-0.4, -0.2) is 61.7 Å². The van der Waals surface area contributed by atoms with Crippen molar-refractivity contribution in [2.45, 2.75) is 10.1 Å². The van der Waals surface area contributed by atoms with Crippen molar-refractivity contribution in [1.29, 1.82) is 0 Å². The van der Waals surface area contributed by atoms with Crippen molar-refractivity contribution in [3.63, 3.8) is 0 Å². The summed E-state index contributed by atoms with van der Waals surface area (Å²) in [5.41, 5.74) is 0.256.